The van der Waals surface area contributed by atoms with Gasteiger partial charge in [-0.2, -0.15) is 0 Å². The number of hydrogen-bond acceptors (Lipinski definition) is 2. The maximum absolute atomic E-state index is 12.0. The molecule has 0 bridgehead atoms. The molecule has 2 fully saturated rings. The summed E-state index contributed by atoms with van der Waals surface area (Å²) in [6, 6.07) is 0.328. The standard InChI is InChI=1S/C15H28N2O.ClH/c1-12(14-8-5-9-16-11-14)17-15(18)10-13-6-3-2-4-7-13;/h12-14,16H,2-11H2,1H3,(H,17,18);1H. The van der Waals surface area contributed by atoms with Gasteiger partial charge < -0.3 is 10.6 Å². The number of amides is 1. The van der Waals surface area contributed by atoms with E-state index in [1.807, 2.05) is 0 Å². The van der Waals surface area contributed by atoms with E-state index < -0.39 is 0 Å². The third-order valence-electron chi connectivity index (χ3n) is 4.63. The van der Waals surface area contributed by atoms with Crippen molar-refractivity contribution < 1.29 is 4.79 Å². The van der Waals surface area contributed by atoms with Crippen LogP contribution in [-0.4, -0.2) is 25.0 Å². The molecule has 1 aliphatic heterocycles. The van der Waals surface area contributed by atoms with E-state index >= 15 is 0 Å². The summed E-state index contributed by atoms with van der Waals surface area (Å²) in [4.78, 5) is 12.0. The van der Waals surface area contributed by atoms with E-state index in [9.17, 15) is 4.79 Å². The summed E-state index contributed by atoms with van der Waals surface area (Å²) in [6.07, 6.45) is 9.76. The number of carbonyl (C=O) groups excluding carboxylic acids is 1. The molecule has 0 spiro atoms. The first kappa shape index (κ1) is 16.8. The highest BCUT2D eigenvalue weighted by Crippen LogP contribution is 2.26. The van der Waals surface area contributed by atoms with Crippen LogP contribution in [0.3, 0.4) is 0 Å². The summed E-state index contributed by atoms with van der Waals surface area (Å²) < 4.78 is 0. The van der Waals surface area contributed by atoms with Crippen molar-refractivity contribution in [1.82, 2.24) is 10.6 Å². The van der Waals surface area contributed by atoms with Crippen LogP contribution in [-0.2, 0) is 4.79 Å². The average Bonchev–Trinajstić information content (AvgIpc) is 2.40. The van der Waals surface area contributed by atoms with Gasteiger partial charge in [0, 0.05) is 12.5 Å². The Bertz CT molecular complexity index is 261. The van der Waals surface area contributed by atoms with Gasteiger partial charge in [0.25, 0.3) is 0 Å². The molecule has 2 aliphatic rings. The minimum Gasteiger partial charge on any atom is -0.353 e. The fourth-order valence-corrected chi connectivity index (χ4v) is 3.39. The van der Waals surface area contributed by atoms with Gasteiger partial charge in [-0.05, 0) is 57.5 Å². The van der Waals surface area contributed by atoms with Gasteiger partial charge in [0.2, 0.25) is 5.91 Å². The lowest BCUT2D eigenvalue weighted by atomic mass is 9.86. The molecule has 0 aromatic heterocycles. The van der Waals surface area contributed by atoms with E-state index in [1.54, 1.807) is 0 Å². The van der Waals surface area contributed by atoms with Crippen LogP contribution in [0.4, 0.5) is 0 Å². The van der Waals surface area contributed by atoms with Crippen LogP contribution in [0.25, 0.3) is 0 Å². The van der Waals surface area contributed by atoms with Crippen molar-refractivity contribution in [1.29, 1.82) is 0 Å². The van der Waals surface area contributed by atoms with Crippen LogP contribution in [0.2, 0.25) is 0 Å². The summed E-state index contributed by atoms with van der Waals surface area (Å²) in [5.41, 5.74) is 0. The molecular weight excluding hydrogens is 260 g/mol. The van der Waals surface area contributed by atoms with Crippen LogP contribution < -0.4 is 10.6 Å². The molecule has 2 N–H and O–H groups in total. The Labute approximate surface area is 123 Å². The van der Waals surface area contributed by atoms with E-state index in [4.69, 9.17) is 0 Å². The molecule has 3 nitrogen and oxygen atoms in total. The molecule has 0 aromatic rings. The zero-order valence-corrected chi connectivity index (χ0v) is 12.9. The highest BCUT2D eigenvalue weighted by Gasteiger charge is 2.23. The molecule has 1 saturated carbocycles. The van der Waals surface area contributed by atoms with Crippen molar-refractivity contribution in [2.45, 2.75) is 64.3 Å². The average molecular weight is 289 g/mol. The Morgan fingerprint density at radius 1 is 1.21 bits per heavy atom. The van der Waals surface area contributed by atoms with E-state index in [1.165, 1.54) is 44.9 Å². The Hall–Kier alpha value is -0.280. The number of carbonyl (C=O) groups is 1. The zero-order chi connectivity index (χ0) is 12.8. The molecule has 0 radical (unpaired) electrons. The lowest BCUT2D eigenvalue weighted by Crippen LogP contribution is -2.44. The second-order valence-corrected chi connectivity index (χ2v) is 6.17. The van der Waals surface area contributed by atoms with E-state index in [2.05, 4.69) is 17.6 Å². The van der Waals surface area contributed by atoms with Gasteiger partial charge in [-0.15, -0.1) is 12.4 Å². The van der Waals surface area contributed by atoms with Gasteiger partial charge in [0.15, 0.2) is 0 Å². The third-order valence-corrected chi connectivity index (χ3v) is 4.63. The molecule has 2 unspecified atom stereocenters. The van der Waals surface area contributed by atoms with Gasteiger partial charge in [-0.3, -0.25) is 4.79 Å². The lowest BCUT2D eigenvalue weighted by Gasteiger charge is -2.29. The van der Waals surface area contributed by atoms with Crippen LogP contribution in [0.5, 0.6) is 0 Å². The molecule has 1 amide bonds. The molecule has 112 valence electrons. The number of rotatable bonds is 4. The quantitative estimate of drug-likeness (QED) is 0.835. The molecular formula is C15H29ClN2O. The topological polar surface area (TPSA) is 41.1 Å². The Morgan fingerprint density at radius 3 is 2.58 bits per heavy atom. The Kier molecular flexibility index (Phi) is 7.77. The fourth-order valence-electron chi connectivity index (χ4n) is 3.39. The summed E-state index contributed by atoms with van der Waals surface area (Å²) in [5, 5.41) is 6.64. The molecule has 2 atom stereocenters. The minimum atomic E-state index is 0. The maximum Gasteiger partial charge on any atom is 0.220 e. The number of piperidine rings is 1. The van der Waals surface area contributed by atoms with Crippen molar-refractivity contribution >= 4 is 18.3 Å². The largest absolute Gasteiger partial charge is 0.353 e. The SMILES string of the molecule is CC(NC(=O)CC1CCCCC1)C1CCCNC1.Cl. The smallest absolute Gasteiger partial charge is 0.220 e. The maximum atomic E-state index is 12.0. The molecule has 2 rings (SSSR count). The first-order valence-electron chi connectivity index (χ1n) is 7.76. The number of hydrogen-bond donors (Lipinski definition) is 2. The van der Waals surface area contributed by atoms with Gasteiger partial charge in [0.05, 0.1) is 0 Å². The molecule has 1 heterocycles. The molecule has 1 aliphatic carbocycles. The second kappa shape index (κ2) is 8.80. The Balaban J connectivity index is 0.00000180. The fraction of sp³-hybridized carbons (Fsp3) is 0.933. The van der Waals surface area contributed by atoms with Gasteiger partial charge in [-0.1, -0.05) is 19.3 Å². The molecule has 1 saturated heterocycles. The van der Waals surface area contributed by atoms with Crippen molar-refractivity contribution in [3.8, 4) is 0 Å². The monoisotopic (exact) mass is 288 g/mol. The van der Waals surface area contributed by atoms with Crippen LogP contribution in [0.15, 0.2) is 0 Å². The second-order valence-electron chi connectivity index (χ2n) is 6.17. The highest BCUT2D eigenvalue weighted by atomic mass is 35.5. The van der Waals surface area contributed by atoms with Crippen LogP contribution in [0.1, 0.15) is 58.3 Å². The van der Waals surface area contributed by atoms with E-state index in [0.29, 0.717) is 17.9 Å². The van der Waals surface area contributed by atoms with Crippen molar-refractivity contribution in [2.24, 2.45) is 11.8 Å². The van der Waals surface area contributed by atoms with Crippen LogP contribution in [0, 0.1) is 11.8 Å². The normalized spacial score (nSPS) is 26.3. The minimum absolute atomic E-state index is 0. The first-order valence-corrected chi connectivity index (χ1v) is 7.76. The first-order chi connectivity index (χ1) is 8.75. The van der Waals surface area contributed by atoms with Crippen LogP contribution >= 0.6 is 12.4 Å². The van der Waals surface area contributed by atoms with Crippen molar-refractivity contribution in [3.05, 3.63) is 0 Å². The highest BCUT2D eigenvalue weighted by molar-refractivity contribution is 5.85. The molecule has 19 heavy (non-hydrogen) atoms. The van der Waals surface area contributed by atoms with E-state index in [0.717, 1.165) is 19.5 Å². The predicted octanol–water partition coefficient (Wildman–Crippen LogP) is 2.88. The predicted molar refractivity (Wildman–Crippen MR) is 81.6 cm³/mol. The van der Waals surface area contributed by atoms with Crippen molar-refractivity contribution in [3.63, 3.8) is 0 Å². The zero-order valence-electron chi connectivity index (χ0n) is 12.1. The molecule has 0 aromatic carbocycles. The number of halogens is 1. The summed E-state index contributed by atoms with van der Waals surface area (Å²) in [7, 11) is 0. The van der Waals surface area contributed by atoms with Crippen molar-refractivity contribution in [2.75, 3.05) is 13.1 Å². The third kappa shape index (κ3) is 5.70. The van der Waals surface area contributed by atoms with Gasteiger partial charge in [0.1, 0.15) is 0 Å². The van der Waals surface area contributed by atoms with E-state index in [-0.39, 0.29) is 18.3 Å². The number of nitrogens with one attached hydrogen (secondary N) is 2. The summed E-state index contributed by atoms with van der Waals surface area (Å²) in [5.74, 6) is 1.55. The Morgan fingerprint density at radius 2 is 1.95 bits per heavy atom. The summed E-state index contributed by atoms with van der Waals surface area (Å²) in [6.45, 7) is 4.36. The van der Waals surface area contributed by atoms with Gasteiger partial charge >= 0.3 is 0 Å². The summed E-state index contributed by atoms with van der Waals surface area (Å²) >= 11 is 0. The van der Waals surface area contributed by atoms with Gasteiger partial charge in [-0.25, -0.2) is 0 Å². The molecule has 4 heteroatoms. The lowest BCUT2D eigenvalue weighted by molar-refractivity contribution is -0.123.